The van der Waals surface area contributed by atoms with E-state index in [2.05, 4.69) is 0 Å². The molecule has 106 valence electrons. The first kappa shape index (κ1) is 14.4. The van der Waals surface area contributed by atoms with Gasteiger partial charge in [-0.05, 0) is 36.5 Å². The molecule has 0 aliphatic carbocycles. The quantitative estimate of drug-likeness (QED) is 0.909. The van der Waals surface area contributed by atoms with E-state index in [4.69, 9.17) is 5.11 Å². The number of hydrogen-bond acceptors (Lipinski definition) is 3. The van der Waals surface area contributed by atoms with Gasteiger partial charge in [-0.3, -0.25) is 0 Å². The number of sulfonamides is 1. The maximum Gasteiger partial charge on any atom is 0.218 e. The highest BCUT2D eigenvalue weighted by Gasteiger charge is 2.27. The third-order valence-electron chi connectivity index (χ3n) is 3.46. The predicted octanol–water partition coefficient (Wildman–Crippen LogP) is 1.36. The lowest BCUT2D eigenvalue weighted by molar-refractivity contribution is 0.170. The lowest BCUT2D eigenvalue weighted by Crippen LogP contribution is -2.39. The Morgan fingerprint density at radius 1 is 1.32 bits per heavy atom. The number of nitrogens with zero attached hydrogens (tertiary/aromatic N) is 1. The van der Waals surface area contributed by atoms with Crippen LogP contribution >= 0.6 is 0 Å². The zero-order valence-corrected chi connectivity index (χ0v) is 11.4. The van der Waals surface area contributed by atoms with Gasteiger partial charge in [0.05, 0.1) is 5.75 Å². The first-order valence-electron chi connectivity index (χ1n) is 6.34. The highest BCUT2D eigenvalue weighted by Crippen LogP contribution is 2.21. The highest BCUT2D eigenvalue weighted by molar-refractivity contribution is 7.88. The topological polar surface area (TPSA) is 57.6 Å². The van der Waals surface area contributed by atoms with Crippen LogP contribution in [0.2, 0.25) is 0 Å². The van der Waals surface area contributed by atoms with Gasteiger partial charge in [0.25, 0.3) is 0 Å². The van der Waals surface area contributed by atoms with Crippen molar-refractivity contribution in [2.45, 2.75) is 18.6 Å². The lowest BCUT2D eigenvalue weighted by Gasteiger charge is -2.30. The summed E-state index contributed by atoms with van der Waals surface area (Å²) in [7, 11) is -3.40. The van der Waals surface area contributed by atoms with Crippen LogP contribution in [0, 0.1) is 11.7 Å². The Morgan fingerprint density at radius 3 is 2.58 bits per heavy atom. The fourth-order valence-electron chi connectivity index (χ4n) is 2.30. The van der Waals surface area contributed by atoms with E-state index in [9.17, 15) is 12.8 Å². The molecule has 6 heteroatoms. The van der Waals surface area contributed by atoms with E-state index < -0.39 is 15.8 Å². The van der Waals surface area contributed by atoms with Crippen molar-refractivity contribution in [3.8, 4) is 0 Å². The van der Waals surface area contributed by atoms with Crippen LogP contribution in [0.5, 0.6) is 0 Å². The van der Waals surface area contributed by atoms with Crippen molar-refractivity contribution in [2.75, 3.05) is 19.7 Å². The molecule has 1 N–H and O–H groups in total. The maximum atomic E-state index is 13.0. The van der Waals surface area contributed by atoms with Crippen molar-refractivity contribution in [2.24, 2.45) is 5.92 Å². The SMILES string of the molecule is O=S(=O)(Cc1cccc(F)c1)N1CCC(CO)CC1. The van der Waals surface area contributed by atoms with Gasteiger partial charge in [0.15, 0.2) is 0 Å². The summed E-state index contributed by atoms with van der Waals surface area (Å²) < 4.78 is 38.9. The highest BCUT2D eigenvalue weighted by atomic mass is 32.2. The second-order valence-corrected chi connectivity index (χ2v) is 6.88. The largest absolute Gasteiger partial charge is 0.396 e. The minimum Gasteiger partial charge on any atom is -0.396 e. The zero-order chi connectivity index (χ0) is 13.9. The Hall–Kier alpha value is -0.980. The van der Waals surface area contributed by atoms with Crippen molar-refractivity contribution in [3.63, 3.8) is 0 Å². The van der Waals surface area contributed by atoms with Crippen molar-refractivity contribution >= 4 is 10.0 Å². The molecule has 1 heterocycles. The molecule has 1 aromatic carbocycles. The number of halogens is 1. The monoisotopic (exact) mass is 287 g/mol. The minimum atomic E-state index is -3.40. The normalized spacial score (nSPS) is 18.6. The summed E-state index contributed by atoms with van der Waals surface area (Å²) in [5, 5.41) is 9.04. The first-order valence-corrected chi connectivity index (χ1v) is 7.95. The van der Waals surface area contributed by atoms with Gasteiger partial charge in [0.1, 0.15) is 5.82 Å². The van der Waals surface area contributed by atoms with Crippen LogP contribution in [0.4, 0.5) is 4.39 Å². The standard InChI is InChI=1S/C13H18FNO3S/c14-13-3-1-2-12(8-13)10-19(17,18)15-6-4-11(9-16)5-7-15/h1-3,8,11,16H,4-7,9-10H2. The van der Waals surface area contributed by atoms with Crippen LogP contribution < -0.4 is 0 Å². The van der Waals surface area contributed by atoms with Gasteiger partial charge in [-0.2, -0.15) is 0 Å². The number of rotatable bonds is 4. The molecule has 1 aromatic rings. The molecule has 0 atom stereocenters. The molecule has 1 fully saturated rings. The van der Waals surface area contributed by atoms with E-state index in [1.165, 1.54) is 22.5 Å². The molecule has 0 amide bonds. The Labute approximate surface area is 112 Å². The van der Waals surface area contributed by atoms with Gasteiger partial charge in [-0.15, -0.1) is 0 Å². The molecular weight excluding hydrogens is 269 g/mol. The van der Waals surface area contributed by atoms with E-state index >= 15 is 0 Å². The number of aliphatic hydroxyl groups excluding tert-OH is 1. The average molecular weight is 287 g/mol. The molecule has 1 aliphatic heterocycles. The summed E-state index contributed by atoms with van der Waals surface area (Å²) >= 11 is 0. The molecule has 2 rings (SSSR count). The lowest BCUT2D eigenvalue weighted by atomic mass is 10.00. The summed E-state index contributed by atoms with van der Waals surface area (Å²) in [6, 6.07) is 5.67. The second kappa shape index (κ2) is 5.98. The Balaban J connectivity index is 2.03. The smallest absolute Gasteiger partial charge is 0.218 e. The van der Waals surface area contributed by atoms with Crippen LogP contribution in [0.15, 0.2) is 24.3 Å². The average Bonchev–Trinajstić information content (AvgIpc) is 2.38. The van der Waals surface area contributed by atoms with Gasteiger partial charge >= 0.3 is 0 Å². The molecule has 1 saturated heterocycles. The van der Waals surface area contributed by atoms with Gasteiger partial charge in [0, 0.05) is 19.7 Å². The van der Waals surface area contributed by atoms with E-state index in [1.54, 1.807) is 6.07 Å². The molecule has 19 heavy (non-hydrogen) atoms. The van der Waals surface area contributed by atoms with E-state index in [0.717, 1.165) is 0 Å². The maximum absolute atomic E-state index is 13.0. The van der Waals surface area contributed by atoms with Crippen LogP contribution in [-0.2, 0) is 15.8 Å². The molecule has 0 spiro atoms. The zero-order valence-electron chi connectivity index (χ0n) is 10.6. The summed E-state index contributed by atoms with van der Waals surface area (Å²) in [4.78, 5) is 0. The van der Waals surface area contributed by atoms with Crippen LogP contribution in [0.25, 0.3) is 0 Å². The number of piperidine rings is 1. The Kier molecular flexibility index (Phi) is 4.54. The molecule has 0 unspecified atom stereocenters. The molecule has 0 bridgehead atoms. The molecule has 0 aromatic heterocycles. The third-order valence-corrected chi connectivity index (χ3v) is 5.31. The van der Waals surface area contributed by atoms with Gasteiger partial charge in [-0.1, -0.05) is 12.1 Å². The van der Waals surface area contributed by atoms with Gasteiger partial charge < -0.3 is 5.11 Å². The summed E-state index contributed by atoms with van der Waals surface area (Å²) in [5.41, 5.74) is 0.462. The van der Waals surface area contributed by atoms with Crippen LogP contribution in [0.3, 0.4) is 0 Å². The second-order valence-electron chi connectivity index (χ2n) is 4.91. The number of hydrogen-bond donors (Lipinski definition) is 1. The Bertz CT molecular complexity index is 524. The minimum absolute atomic E-state index is 0.109. The van der Waals surface area contributed by atoms with Crippen molar-refractivity contribution in [3.05, 3.63) is 35.6 Å². The van der Waals surface area contributed by atoms with Gasteiger partial charge in [0.2, 0.25) is 10.0 Å². The number of aliphatic hydroxyl groups is 1. The van der Waals surface area contributed by atoms with E-state index in [-0.39, 0.29) is 18.3 Å². The predicted molar refractivity (Wildman–Crippen MR) is 70.4 cm³/mol. The van der Waals surface area contributed by atoms with E-state index in [0.29, 0.717) is 31.5 Å². The molecule has 4 nitrogen and oxygen atoms in total. The molecule has 1 aliphatic rings. The molecular formula is C13H18FNO3S. The summed E-state index contributed by atoms with van der Waals surface area (Å²) in [5.74, 6) is -0.401. The molecule has 0 radical (unpaired) electrons. The Morgan fingerprint density at radius 2 is 2.00 bits per heavy atom. The van der Waals surface area contributed by atoms with E-state index in [1.807, 2.05) is 0 Å². The van der Waals surface area contributed by atoms with Crippen LogP contribution in [0.1, 0.15) is 18.4 Å². The van der Waals surface area contributed by atoms with Crippen molar-refractivity contribution < 1.29 is 17.9 Å². The first-order chi connectivity index (χ1) is 9.01. The van der Waals surface area contributed by atoms with Crippen molar-refractivity contribution in [1.29, 1.82) is 0 Å². The fourth-order valence-corrected chi connectivity index (χ4v) is 3.85. The molecule has 0 saturated carbocycles. The summed E-state index contributed by atoms with van der Waals surface area (Å²) in [6.07, 6.45) is 1.36. The summed E-state index contributed by atoms with van der Waals surface area (Å²) in [6.45, 7) is 0.976. The fraction of sp³-hybridized carbons (Fsp3) is 0.538. The number of benzene rings is 1. The third kappa shape index (κ3) is 3.75. The van der Waals surface area contributed by atoms with Crippen LogP contribution in [-0.4, -0.2) is 37.5 Å². The van der Waals surface area contributed by atoms with Crippen molar-refractivity contribution in [1.82, 2.24) is 4.31 Å². The van der Waals surface area contributed by atoms with Gasteiger partial charge in [-0.25, -0.2) is 17.1 Å².